The van der Waals surface area contributed by atoms with Crippen LogP contribution < -0.4 is 9.46 Å². The minimum Gasteiger partial charge on any atom is -0.598 e. The summed E-state index contributed by atoms with van der Waals surface area (Å²) in [6, 6.07) is 3.60. The van der Waals surface area contributed by atoms with E-state index in [1.807, 2.05) is 53.7 Å². The van der Waals surface area contributed by atoms with Crippen LogP contribution in [-0.4, -0.2) is 49.6 Å². The van der Waals surface area contributed by atoms with Crippen LogP contribution in [0.5, 0.6) is 5.88 Å². The molecule has 1 fully saturated rings. The molecule has 1 amide bonds. The molecule has 1 aromatic heterocycles. The van der Waals surface area contributed by atoms with Crippen LogP contribution in [0.1, 0.15) is 66.0 Å². The van der Waals surface area contributed by atoms with Crippen LogP contribution in [0.3, 0.4) is 0 Å². The maximum absolute atomic E-state index is 12.8. The molecule has 2 aliphatic heterocycles. The first-order valence-electron chi connectivity index (χ1n) is 9.71. The van der Waals surface area contributed by atoms with Crippen LogP contribution in [0, 0.1) is 0 Å². The summed E-state index contributed by atoms with van der Waals surface area (Å²) < 4.78 is 27.5. The van der Waals surface area contributed by atoms with Gasteiger partial charge in [-0.3, -0.25) is 0 Å². The number of hydrogen-bond acceptors (Lipinski definition) is 6. The van der Waals surface area contributed by atoms with Crippen molar-refractivity contribution in [2.75, 3.05) is 13.1 Å². The van der Waals surface area contributed by atoms with Gasteiger partial charge in [-0.1, -0.05) is 6.07 Å². The molecule has 3 heterocycles. The molecular formula is C20H31N3O4S. The van der Waals surface area contributed by atoms with Crippen LogP contribution >= 0.6 is 0 Å². The molecule has 1 saturated heterocycles. The van der Waals surface area contributed by atoms with Gasteiger partial charge in [0.15, 0.2) is 0 Å². The number of pyridine rings is 1. The lowest BCUT2D eigenvalue weighted by Crippen LogP contribution is -2.56. The highest BCUT2D eigenvalue weighted by molar-refractivity contribution is 7.90. The van der Waals surface area contributed by atoms with Crippen LogP contribution in [0.4, 0.5) is 4.79 Å². The highest BCUT2D eigenvalue weighted by atomic mass is 32.2. The number of aromatic nitrogens is 1. The standard InChI is InChI=1S/C20H31N3O4S/c1-18(2,3)27-17(24)23-12-9-20(10-13-23)15(22-28(25)19(4,5)6)14-8-7-11-21-16(14)26-20/h7-8,11,15,22H,9-10,12-13H2,1-6H3. The second-order valence-electron chi connectivity index (χ2n) is 9.46. The SMILES string of the molecule is CC(C)(C)OC(=O)N1CCC2(CC1)Oc1ncccc1C2N[S+]([O-])C(C)(C)C. The molecule has 3 rings (SSSR count). The number of fused-ring (bicyclic) bond motifs is 1. The summed E-state index contributed by atoms with van der Waals surface area (Å²) in [5.74, 6) is 0.580. The zero-order valence-corrected chi connectivity index (χ0v) is 18.4. The summed E-state index contributed by atoms with van der Waals surface area (Å²) in [7, 11) is 0. The van der Waals surface area contributed by atoms with Crippen LogP contribution in [0.25, 0.3) is 0 Å². The molecule has 156 valence electrons. The fourth-order valence-corrected chi connectivity index (χ4v) is 4.39. The van der Waals surface area contributed by atoms with Gasteiger partial charge < -0.3 is 18.9 Å². The number of piperidine rings is 1. The van der Waals surface area contributed by atoms with E-state index in [1.54, 1.807) is 11.1 Å². The highest BCUT2D eigenvalue weighted by Crippen LogP contribution is 2.48. The second-order valence-corrected chi connectivity index (χ2v) is 11.5. The Hall–Kier alpha value is -1.51. The molecule has 0 bridgehead atoms. The first-order chi connectivity index (χ1) is 12.9. The van der Waals surface area contributed by atoms with Crippen molar-refractivity contribution < 1.29 is 18.8 Å². The van der Waals surface area contributed by atoms with Crippen LogP contribution in [0.2, 0.25) is 0 Å². The number of likely N-dealkylation sites (tertiary alicyclic amines) is 1. The summed E-state index contributed by atoms with van der Waals surface area (Å²) in [4.78, 5) is 18.5. The Morgan fingerprint density at radius 2 is 1.96 bits per heavy atom. The normalized spacial score (nSPS) is 22.5. The molecule has 1 spiro atoms. The second kappa shape index (κ2) is 7.39. The molecule has 2 unspecified atom stereocenters. The molecule has 0 aliphatic carbocycles. The molecule has 1 aromatic rings. The topological polar surface area (TPSA) is 86.8 Å². The van der Waals surface area contributed by atoms with E-state index < -0.39 is 27.3 Å². The van der Waals surface area contributed by atoms with Crippen molar-refractivity contribution in [2.24, 2.45) is 0 Å². The number of carbonyl (C=O) groups is 1. The smallest absolute Gasteiger partial charge is 0.410 e. The van der Waals surface area contributed by atoms with E-state index in [0.29, 0.717) is 31.8 Å². The quantitative estimate of drug-likeness (QED) is 0.754. The molecule has 0 radical (unpaired) electrons. The third kappa shape index (κ3) is 4.39. The van der Waals surface area contributed by atoms with Gasteiger partial charge in [0.1, 0.15) is 22.0 Å². The van der Waals surface area contributed by atoms with E-state index in [0.717, 1.165) is 5.56 Å². The molecule has 8 heteroatoms. The lowest BCUT2D eigenvalue weighted by Gasteiger charge is -2.42. The van der Waals surface area contributed by atoms with Gasteiger partial charge in [-0.15, -0.1) is 4.72 Å². The third-order valence-corrected chi connectivity index (χ3v) is 6.54. The largest absolute Gasteiger partial charge is 0.598 e. The third-order valence-electron chi connectivity index (χ3n) is 4.98. The fourth-order valence-electron chi connectivity index (χ4n) is 3.48. The van der Waals surface area contributed by atoms with E-state index in [-0.39, 0.29) is 12.1 Å². The highest BCUT2D eigenvalue weighted by Gasteiger charge is 2.54. The summed E-state index contributed by atoms with van der Waals surface area (Å²) >= 11 is -1.26. The Labute approximate surface area is 170 Å². The Balaban J connectivity index is 1.78. The Kier molecular flexibility index (Phi) is 5.59. The van der Waals surface area contributed by atoms with Gasteiger partial charge >= 0.3 is 6.09 Å². The predicted octanol–water partition coefficient (Wildman–Crippen LogP) is 3.34. The maximum atomic E-state index is 12.8. The number of carbonyl (C=O) groups excluding carboxylic acids is 1. The molecule has 7 nitrogen and oxygen atoms in total. The number of nitrogens with zero attached hydrogens (tertiary/aromatic N) is 2. The number of nitrogens with one attached hydrogen (secondary N) is 1. The van der Waals surface area contributed by atoms with Crippen molar-refractivity contribution in [2.45, 2.75) is 76.4 Å². The molecular weight excluding hydrogens is 378 g/mol. The zero-order chi connectivity index (χ0) is 20.7. The van der Waals surface area contributed by atoms with Gasteiger partial charge in [-0.05, 0) is 47.6 Å². The van der Waals surface area contributed by atoms with E-state index in [9.17, 15) is 9.35 Å². The van der Waals surface area contributed by atoms with Gasteiger partial charge in [-0.2, -0.15) is 0 Å². The van der Waals surface area contributed by atoms with Gasteiger partial charge in [-0.25, -0.2) is 9.78 Å². The van der Waals surface area contributed by atoms with Crippen LogP contribution in [-0.2, 0) is 16.1 Å². The minimum absolute atomic E-state index is 0.239. The van der Waals surface area contributed by atoms with Crippen molar-refractivity contribution in [3.8, 4) is 5.88 Å². The monoisotopic (exact) mass is 409 g/mol. The van der Waals surface area contributed by atoms with Crippen molar-refractivity contribution in [3.63, 3.8) is 0 Å². The van der Waals surface area contributed by atoms with E-state index >= 15 is 0 Å². The number of hydrogen-bond donors (Lipinski definition) is 1. The maximum Gasteiger partial charge on any atom is 0.410 e. The van der Waals surface area contributed by atoms with Gasteiger partial charge in [0.2, 0.25) is 5.88 Å². The van der Waals surface area contributed by atoms with Crippen molar-refractivity contribution >= 4 is 17.5 Å². The Morgan fingerprint density at radius 1 is 1.32 bits per heavy atom. The molecule has 0 saturated carbocycles. The van der Waals surface area contributed by atoms with Crippen LogP contribution in [0.15, 0.2) is 18.3 Å². The van der Waals surface area contributed by atoms with Gasteiger partial charge in [0.25, 0.3) is 0 Å². The lowest BCUT2D eigenvalue weighted by atomic mass is 9.83. The molecule has 2 aliphatic rings. The number of amides is 1. The average molecular weight is 410 g/mol. The molecule has 2 atom stereocenters. The summed E-state index contributed by atoms with van der Waals surface area (Å²) in [6.07, 6.45) is 2.62. The summed E-state index contributed by atoms with van der Waals surface area (Å²) in [5.41, 5.74) is -0.175. The Morgan fingerprint density at radius 3 is 2.54 bits per heavy atom. The molecule has 28 heavy (non-hydrogen) atoms. The molecule has 0 aromatic carbocycles. The first kappa shape index (κ1) is 21.2. The zero-order valence-electron chi connectivity index (χ0n) is 17.6. The number of ether oxygens (including phenoxy) is 2. The van der Waals surface area contributed by atoms with Crippen molar-refractivity contribution in [3.05, 3.63) is 23.9 Å². The van der Waals surface area contributed by atoms with E-state index in [1.165, 1.54) is 0 Å². The Bertz CT molecular complexity index is 721. The summed E-state index contributed by atoms with van der Waals surface area (Å²) in [5, 5.41) is 0. The van der Waals surface area contributed by atoms with E-state index in [4.69, 9.17) is 9.47 Å². The number of rotatable bonds is 2. The minimum atomic E-state index is -1.26. The van der Waals surface area contributed by atoms with Crippen molar-refractivity contribution in [1.29, 1.82) is 0 Å². The molecule has 1 N–H and O–H groups in total. The summed E-state index contributed by atoms with van der Waals surface area (Å²) in [6.45, 7) is 12.4. The van der Waals surface area contributed by atoms with Gasteiger partial charge in [0, 0.05) is 49.1 Å². The first-order valence-corrected chi connectivity index (χ1v) is 10.9. The van der Waals surface area contributed by atoms with E-state index in [2.05, 4.69) is 9.71 Å². The van der Waals surface area contributed by atoms with Crippen molar-refractivity contribution in [1.82, 2.24) is 14.6 Å². The fraction of sp³-hybridized carbons (Fsp3) is 0.700. The lowest BCUT2D eigenvalue weighted by molar-refractivity contribution is -0.0217. The predicted molar refractivity (Wildman–Crippen MR) is 108 cm³/mol. The van der Waals surface area contributed by atoms with Gasteiger partial charge in [0.05, 0.1) is 0 Å². The average Bonchev–Trinajstić information content (AvgIpc) is 2.86.